The van der Waals surface area contributed by atoms with Gasteiger partial charge in [0.1, 0.15) is 17.8 Å². The van der Waals surface area contributed by atoms with Gasteiger partial charge in [0.05, 0.1) is 6.54 Å². The monoisotopic (exact) mass is 326 g/mol. The van der Waals surface area contributed by atoms with Crippen molar-refractivity contribution in [2.75, 3.05) is 19.6 Å². The summed E-state index contributed by atoms with van der Waals surface area (Å²) in [5.41, 5.74) is -0.649. The second-order valence-electron chi connectivity index (χ2n) is 8.18. The Morgan fingerprint density at radius 2 is 1.70 bits per heavy atom. The van der Waals surface area contributed by atoms with Gasteiger partial charge >= 0.3 is 6.09 Å². The summed E-state index contributed by atoms with van der Waals surface area (Å²) in [4.78, 5) is 28.2. The fourth-order valence-electron chi connectivity index (χ4n) is 4.17. The van der Waals surface area contributed by atoms with Crippen LogP contribution in [0.4, 0.5) is 9.18 Å². The molecule has 23 heavy (non-hydrogen) atoms. The molecule has 0 aromatic rings. The Morgan fingerprint density at radius 3 is 2.26 bits per heavy atom. The van der Waals surface area contributed by atoms with Crippen LogP contribution < -0.4 is 0 Å². The van der Waals surface area contributed by atoms with Crippen LogP contribution in [0.25, 0.3) is 0 Å². The highest BCUT2D eigenvalue weighted by molar-refractivity contribution is 5.86. The molecule has 0 N–H and O–H groups in total. The average molecular weight is 326 g/mol. The lowest BCUT2D eigenvalue weighted by Gasteiger charge is -2.30. The Labute approximate surface area is 137 Å². The summed E-state index contributed by atoms with van der Waals surface area (Å²) in [6.45, 7) is 6.79. The van der Waals surface area contributed by atoms with Crippen molar-refractivity contribution in [1.82, 2.24) is 9.80 Å². The molecule has 2 saturated heterocycles. The van der Waals surface area contributed by atoms with E-state index in [4.69, 9.17) is 4.74 Å². The van der Waals surface area contributed by atoms with E-state index in [1.165, 1.54) is 24.2 Å². The first kappa shape index (κ1) is 16.5. The normalized spacial score (nSPS) is 33.9. The van der Waals surface area contributed by atoms with E-state index in [-0.39, 0.29) is 18.9 Å². The number of rotatable bonds is 1. The van der Waals surface area contributed by atoms with Crippen LogP contribution in [0.15, 0.2) is 0 Å². The Morgan fingerprint density at radius 1 is 1.09 bits per heavy atom. The second kappa shape index (κ2) is 5.95. The van der Waals surface area contributed by atoms with E-state index in [1.54, 1.807) is 20.8 Å². The molecule has 1 saturated carbocycles. The van der Waals surface area contributed by atoms with E-state index in [2.05, 4.69) is 0 Å². The average Bonchev–Trinajstić information content (AvgIpc) is 3.08. The van der Waals surface area contributed by atoms with Gasteiger partial charge in [0.25, 0.3) is 0 Å². The van der Waals surface area contributed by atoms with Gasteiger partial charge < -0.3 is 9.64 Å². The van der Waals surface area contributed by atoms with Crippen molar-refractivity contribution < 1.29 is 18.7 Å². The van der Waals surface area contributed by atoms with E-state index in [1.807, 2.05) is 4.90 Å². The molecule has 0 bridgehead atoms. The number of carbonyl (C=O) groups excluding carboxylic acids is 2. The number of ether oxygens (including phenoxy) is 1. The molecule has 0 radical (unpaired) electrons. The van der Waals surface area contributed by atoms with Crippen LogP contribution in [-0.2, 0) is 9.53 Å². The maximum atomic E-state index is 13.9. The van der Waals surface area contributed by atoms with Gasteiger partial charge in [-0.05, 0) is 45.4 Å². The third kappa shape index (κ3) is 3.45. The third-order valence-corrected chi connectivity index (χ3v) is 5.20. The number of halogens is 1. The Kier molecular flexibility index (Phi) is 4.27. The summed E-state index contributed by atoms with van der Waals surface area (Å²) < 4.78 is 19.2. The summed E-state index contributed by atoms with van der Waals surface area (Å²) in [6, 6.07) is -0.710. The number of amides is 2. The molecule has 3 fully saturated rings. The molecule has 2 heterocycles. The highest BCUT2D eigenvalue weighted by Gasteiger charge is 2.46. The van der Waals surface area contributed by atoms with Crippen LogP contribution in [0, 0.1) is 11.8 Å². The van der Waals surface area contributed by atoms with Crippen LogP contribution in [-0.4, -0.2) is 59.2 Å². The zero-order chi connectivity index (χ0) is 16.8. The van der Waals surface area contributed by atoms with Crippen LogP contribution in [0.3, 0.4) is 0 Å². The molecule has 6 heteroatoms. The van der Waals surface area contributed by atoms with Gasteiger partial charge in [0, 0.05) is 19.5 Å². The van der Waals surface area contributed by atoms with Crippen LogP contribution >= 0.6 is 0 Å². The van der Waals surface area contributed by atoms with Crippen molar-refractivity contribution in [2.45, 2.75) is 64.3 Å². The largest absolute Gasteiger partial charge is 0.444 e. The van der Waals surface area contributed by atoms with Crippen LogP contribution in [0.1, 0.15) is 46.5 Å². The number of hydrogen-bond donors (Lipinski definition) is 0. The van der Waals surface area contributed by atoms with E-state index >= 15 is 0 Å². The first-order valence-electron chi connectivity index (χ1n) is 8.67. The van der Waals surface area contributed by atoms with Gasteiger partial charge in [0.2, 0.25) is 5.91 Å². The lowest BCUT2D eigenvalue weighted by molar-refractivity contribution is -0.135. The van der Waals surface area contributed by atoms with Crippen molar-refractivity contribution in [3.05, 3.63) is 0 Å². The third-order valence-electron chi connectivity index (χ3n) is 5.20. The van der Waals surface area contributed by atoms with Crippen molar-refractivity contribution in [3.63, 3.8) is 0 Å². The topological polar surface area (TPSA) is 49.9 Å². The summed E-state index contributed by atoms with van der Waals surface area (Å²) in [6.07, 6.45) is 1.96. The van der Waals surface area contributed by atoms with Crippen molar-refractivity contribution in [3.8, 4) is 0 Å². The predicted octanol–water partition coefficient (Wildman–Crippen LogP) is 2.59. The minimum atomic E-state index is -1.15. The number of fused-ring (bicyclic) bond motifs is 1. The highest BCUT2D eigenvalue weighted by atomic mass is 19.1. The minimum Gasteiger partial charge on any atom is -0.444 e. The summed E-state index contributed by atoms with van der Waals surface area (Å²) in [7, 11) is 0. The van der Waals surface area contributed by atoms with Gasteiger partial charge in [-0.3, -0.25) is 9.69 Å². The van der Waals surface area contributed by atoms with E-state index in [9.17, 15) is 14.0 Å². The van der Waals surface area contributed by atoms with E-state index < -0.39 is 23.9 Å². The smallest absolute Gasteiger partial charge is 0.411 e. The molecule has 2 aliphatic heterocycles. The van der Waals surface area contributed by atoms with Crippen molar-refractivity contribution in [1.29, 1.82) is 0 Å². The molecule has 4 atom stereocenters. The molecule has 0 spiro atoms. The molecule has 0 aromatic carbocycles. The maximum absolute atomic E-state index is 13.9. The Hall–Kier alpha value is -1.33. The lowest BCUT2D eigenvalue weighted by Crippen LogP contribution is -2.48. The fourth-order valence-corrected chi connectivity index (χ4v) is 4.17. The highest BCUT2D eigenvalue weighted by Crippen LogP contribution is 2.38. The van der Waals surface area contributed by atoms with Crippen molar-refractivity contribution in [2.24, 2.45) is 11.8 Å². The number of carbonyl (C=O) groups is 2. The summed E-state index contributed by atoms with van der Waals surface area (Å²) >= 11 is 0. The molecular weight excluding hydrogens is 299 g/mol. The first-order valence-corrected chi connectivity index (χ1v) is 8.67. The van der Waals surface area contributed by atoms with Crippen LogP contribution in [0.2, 0.25) is 0 Å². The van der Waals surface area contributed by atoms with Gasteiger partial charge in [-0.15, -0.1) is 0 Å². The molecule has 3 aliphatic rings. The quantitative estimate of drug-likeness (QED) is 0.744. The standard InChI is InChI=1S/C17H27FN2O3/c1-17(2,3)23-16(22)20-10-13(18)7-14(20)15(21)19-8-11-5-4-6-12(11)9-19/h11-14H,4-10H2,1-3H3/t11?,12?,13-,14+/m0/s1. The summed E-state index contributed by atoms with van der Waals surface area (Å²) in [5, 5.41) is 0. The van der Waals surface area contributed by atoms with Gasteiger partial charge in [-0.1, -0.05) is 6.42 Å². The minimum absolute atomic E-state index is 0.0496. The maximum Gasteiger partial charge on any atom is 0.411 e. The molecule has 3 rings (SSSR count). The number of likely N-dealkylation sites (tertiary alicyclic amines) is 2. The molecule has 2 amide bonds. The lowest BCUT2D eigenvalue weighted by atomic mass is 10.0. The molecule has 1 aliphatic carbocycles. The number of nitrogens with zero attached hydrogens (tertiary/aromatic N) is 2. The van der Waals surface area contributed by atoms with E-state index in [0.29, 0.717) is 11.8 Å². The van der Waals surface area contributed by atoms with Gasteiger partial charge in [-0.25, -0.2) is 9.18 Å². The number of hydrogen-bond acceptors (Lipinski definition) is 3. The fraction of sp³-hybridized carbons (Fsp3) is 0.882. The molecular formula is C17H27FN2O3. The first-order chi connectivity index (χ1) is 10.7. The molecule has 0 aromatic heterocycles. The Bertz CT molecular complexity index is 479. The SMILES string of the molecule is CC(C)(C)OC(=O)N1C[C@@H](F)C[C@@H]1C(=O)N1CC2CCCC2C1. The number of alkyl halides is 1. The molecule has 2 unspecified atom stereocenters. The molecule has 130 valence electrons. The predicted molar refractivity (Wildman–Crippen MR) is 83.7 cm³/mol. The van der Waals surface area contributed by atoms with Crippen molar-refractivity contribution >= 4 is 12.0 Å². The summed E-state index contributed by atoms with van der Waals surface area (Å²) in [5.74, 6) is 1.08. The van der Waals surface area contributed by atoms with Gasteiger partial charge in [0.15, 0.2) is 0 Å². The van der Waals surface area contributed by atoms with E-state index in [0.717, 1.165) is 13.1 Å². The van der Waals surface area contributed by atoms with Gasteiger partial charge in [-0.2, -0.15) is 0 Å². The molecule has 5 nitrogen and oxygen atoms in total. The zero-order valence-corrected chi connectivity index (χ0v) is 14.3. The van der Waals surface area contributed by atoms with Crippen LogP contribution in [0.5, 0.6) is 0 Å². The zero-order valence-electron chi connectivity index (χ0n) is 14.3. The second-order valence-corrected chi connectivity index (χ2v) is 8.18. The Balaban J connectivity index is 1.67.